The van der Waals surface area contributed by atoms with E-state index in [1.54, 1.807) is 11.3 Å². The van der Waals surface area contributed by atoms with Crippen molar-refractivity contribution in [2.24, 2.45) is 5.73 Å². The molecule has 0 spiro atoms. The smallest absolute Gasteiger partial charge is 0.106 e. The van der Waals surface area contributed by atoms with Crippen LogP contribution in [0.15, 0.2) is 24.3 Å². The quantitative estimate of drug-likeness (QED) is 0.881. The van der Waals surface area contributed by atoms with Crippen LogP contribution in [0.25, 0.3) is 10.2 Å². The summed E-state index contributed by atoms with van der Waals surface area (Å²) in [6, 6.07) is 7.95. The molecule has 5 heteroatoms. The lowest BCUT2D eigenvalue weighted by Gasteiger charge is -1.94. The van der Waals surface area contributed by atoms with E-state index in [2.05, 4.69) is 4.98 Å². The summed E-state index contributed by atoms with van der Waals surface area (Å²) < 4.78 is 12.6. The fourth-order valence-corrected chi connectivity index (χ4v) is 3.46. The first kappa shape index (κ1) is 10.7. The van der Waals surface area contributed by atoms with Crippen LogP contribution < -0.4 is 5.73 Å². The summed E-state index contributed by atoms with van der Waals surface area (Å²) in [7, 11) is -0.875. The Kier molecular flexibility index (Phi) is 3.45. The highest BCUT2D eigenvalue weighted by Crippen LogP contribution is 2.22. The number of nitrogens with two attached hydrogens (primary N) is 1. The van der Waals surface area contributed by atoms with Crippen molar-refractivity contribution in [3.05, 3.63) is 29.3 Å². The van der Waals surface area contributed by atoms with E-state index >= 15 is 0 Å². The maximum atomic E-state index is 11.5. The predicted octanol–water partition coefficient (Wildman–Crippen LogP) is 1.50. The summed E-state index contributed by atoms with van der Waals surface area (Å²) in [6.07, 6.45) is 0. The van der Waals surface area contributed by atoms with Crippen molar-refractivity contribution in [2.45, 2.75) is 5.75 Å². The monoisotopic (exact) mass is 240 g/mol. The van der Waals surface area contributed by atoms with Gasteiger partial charge in [0.2, 0.25) is 0 Å². The molecule has 2 rings (SSSR count). The molecule has 1 heterocycles. The summed E-state index contributed by atoms with van der Waals surface area (Å²) in [4.78, 5) is 4.42. The van der Waals surface area contributed by atoms with Gasteiger partial charge in [0.25, 0.3) is 0 Å². The van der Waals surface area contributed by atoms with Gasteiger partial charge in [0.15, 0.2) is 0 Å². The van der Waals surface area contributed by atoms with E-state index in [-0.39, 0.29) is 0 Å². The summed E-state index contributed by atoms with van der Waals surface area (Å²) >= 11 is 1.61. The Morgan fingerprint density at radius 3 is 2.93 bits per heavy atom. The van der Waals surface area contributed by atoms with Crippen LogP contribution in [0.2, 0.25) is 0 Å². The van der Waals surface area contributed by atoms with E-state index in [1.165, 1.54) is 0 Å². The van der Waals surface area contributed by atoms with Gasteiger partial charge < -0.3 is 5.73 Å². The second-order valence-electron chi connectivity index (χ2n) is 3.15. The average Bonchev–Trinajstić information content (AvgIpc) is 2.59. The fourth-order valence-electron chi connectivity index (χ4n) is 1.32. The van der Waals surface area contributed by atoms with Gasteiger partial charge in [-0.1, -0.05) is 12.1 Å². The Morgan fingerprint density at radius 2 is 2.20 bits per heavy atom. The summed E-state index contributed by atoms with van der Waals surface area (Å²) in [5, 5.41) is 0.933. The Hall–Kier alpha value is -0.780. The first-order valence-electron chi connectivity index (χ1n) is 4.69. The molecule has 80 valence electrons. The Morgan fingerprint density at radius 1 is 1.40 bits per heavy atom. The van der Waals surface area contributed by atoms with Crippen LogP contribution in [0.4, 0.5) is 0 Å². The van der Waals surface area contributed by atoms with Crippen molar-refractivity contribution < 1.29 is 4.21 Å². The highest BCUT2D eigenvalue weighted by molar-refractivity contribution is 7.84. The third-order valence-corrected chi connectivity index (χ3v) is 4.47. The number of hydrogen-bond acceptors (Lipinski definition) is 4. The zero-order chi connectivity index (χ0) is 10.7. The van der Waals surface area contributed by atoms with E-state index in [4.69, 9.17) is 5.73 Å². The maximum Gasteiger partial charge on any atom is 0.106 e. The van der Waals surface area contributed by atoms with Crippen LogP contribution in [-0.4, -0.2) is 21.5 Å². The van der Waals surface area contributed by atoms with Crippen molar-refractivity contribution in [1.29, 1.82) is 0 Å². The Labute approximate surface area is 94.8 Å². The molecule has 2 N–H and O–H groups in total. The average molecular weight is 240 g/mol. The number of benzene rings is 1. The molecule has 15 heavy (non-hydrogen) atoms. The van der Waals surface area contributed by atoms with Crippen LogP contribution >= 0.6 is 11.3 Å². The number of para-hydroxylation sites is 1. The first-order valence-corrected chi connectivity index (χ1v) is 6.99. The normalized spacial score (nSPS) is 13.1. The molecule has 0 bridgehead atoms. The Bertz CT molecular complexity index is 448. The van der Waals surface area contributed by atoms with Crippen LogP contribution in [0, 0.1) is 0 Å². The number of aromatic nitrogens is 1. The number of nitrogens with zero attached hydrogens (tertiary/aromatic N) is 1. The number of rotatable bonds is 4. The Balaban J connectivity index is 2.18. The van der Waals surface area contributed by atoms with Gasteiger partial charge in [0.1, 0.15) is 5.01 Å². The largest absolute Gasteiger partial charge is 0.330 e. The van der Waals surface area contributed by atoms with Crippen LogP contribution in [-0.2, 0) is 16.6 Å². The van der Waals surface area contributed by atoms with E-state index in [0.717, 1.165) is 15.2 Å². The van der Waals surface area contributed by atoms with Gasteiger partial charge in [0, 0.05) is 23.1 Å². The van der Waals surface area contributed by atoms with E-state index in [1.807, 2.05) is 24.3 Å². The molecular weight excluding hydrogens is 228 g/mol. The molecule has 0 saturated carbocycles. The molecule has 1 aromatic carbocycles. The molecule has 0 aliphatic rings. The summed E-state index contributed by atoms with van der Waals surface area (Å²) in [6.45, 7) is 0.470. The highest BCUT2D eigenvalue weighted by Gasteiger charge is 2.06. The minimum absolute atomic E-state index is 0.470. The number of fused-ring (bicyclic) bond motifs is 1. The van der Waals surface area contributed by atoms with Crippen LogP contribution in [0.5, 0.6) is 0 Å². The fraction of sp³-hybridized carbons (Fsp3) is 0.300. The molecule has 0 fully saturated rings. The van der Waals surface area contributed by atoms with Crippen molar-refractivity contribution >= 4 is 32.4 Å². The molecule has 0 aliphatic carbocycles. The van der Waals surface area contributed by atoms with Gasteiger partial charge in [0.05, 0.1) is 16.0 Å². The minimum Gasteiger partial charge on any atom is -0.330 e. The number of hydrogen-bond donors (Lipinski definition) is 1. The lowest BCUT2D eigenvalue weighted by atomic mass is 10.3. The highest BCUT2D eigenvalue weighted by atomic mass is 32.2. The molecule has 0 radical (unpaired) electrons. The van der Waals surface area contributed by atoms with Gasteiger partial charge in [-0.15, -0.1) is 11.3 Å². The molecule has 0 saturated heterocycles. The lowest BCUT2D eigenvalue weighted by Crippen LogP contribution is -2.11. The summed E-state index contributed by atoms with van der Waals surface area (Å²) in [5.41, 5.74) is 6.34. The zero-order valence-electron chi connectivity index (χ0n) is 8.18. The van der Waals surface area contributed by atoms with E-state index in [9.17, 15) is 4.21 Å². The first-order chi connectivity index (χ1) is 7.29. The van der Waals surface area contributed by atoms with Crippen LogP contribution in [0.3, 0.4) is 0 Å². The SMILES string of the molecule is NCCS(=O)Cc1nc2ccccc2s1. The molecule has 1 atom stereocenters. The van der Waals surface area contributed by atoms with Gasteiger partial charge in [-0.3, -0.25) is 4.21 Å². The van der Waals surface area contributed by atoms with Crippen LogP contribution in [0.1, 0.15) is 5.01 Å². The van der Waals surface area contributed by atoms with E-state index in [0.29, 0.717) is 18.1 Å². The minimum atomic E-state index is -0.875. The predicted molar refractivity (Wildman–Crippen MR) is 65.4 cm³/mol. The third-order valence-electron chi connectivity index (χ3n) is 1.97. The number of thiazole rings is 1. The molecule has 0 amide bonds. The summed E-state index contributed by atoms with van der Waals surface area (Å²) in [5.74, 6) is 1.08. The van der Waals surface area contributed by atoms with Gasteiger partial charge in [-0.05, 0) is 12.1 Å². The van der Waals surface area contributed by atoms with Gasteiger partial charge in [-0.2, -0.15) is 0 Å². The van der Waals surface area contributed by atoms with Gasteiger partial charge in [-0.25, -0.2) is 4.98 Å². The zero-order valence-corrected chi connectivity index (χ0v) is 9.81. The molecular formula is C10H12N2OS2. The topological polar surface area (TPSA) is 56.0 Å². The maximum absolute atomic E-state index is 11.5. The lowest BCUT2D eigenvalue weighted by molar-refractivity contribution is 0.682. The molecule has 0 aliphatic heterocycles. The van der Waals surface area contributed by atoms with Crippen molar-refractivity contribution in [2.75, 3.05) is 12.3 Å². The molecule has 1 unspecified atom stereocenters. The van der Waals surface area contributed by atoms with Crippen molar-refractivity contribution in [1.82, 2.24) is 4.98 Å². The second-order valence-corrected chi connectivity index (χ2v) is 5.84. The molecule has 2 aromatic rings. The second kappa shape index (κ2) is 4.83. The standard InChI is InChI=1S/C10H12N2OS2/c11-5-6-15(13)7-10-12-8-3-1-2-4-9(8)14-10/h1-4H,5-7,11H2. The van der Waals surface area contributed by atoms with Crippen molar-refractivity contribution in [3.63, 3.8) is 0 Å². The molecule has 3 nitrogen and oxygen atoms in total. The van der Waals surface area contributed by atoms with E-state index < -0.39 is 10.8 Å². The molecule has 1 aromatic heterocycles. The third kappa shape index (κ3) is 2.62. The van der Waals surface area contributed by atoms with Gasteiger partial charge >= 0.3 is 0 Å². The van der Waals surface area contributed by atoms with Crippen molar-refractivity contribution in [3.8, 4) is 0 Å².